The molecule has 0 aliphatic heterocycles. The van der Waals surface area contributed by atoms with Crippen LogP contribution < -0.4 is 0 Å². The summed E-state index contributed by atoms with van der Waals surface area (Å²) >= 11 is 0. The summed E-state index contributed by atoms with van der Waals surface area (Å²) in [6.07, 6.45) is 64.4. The van der Waals surface area contributed by atoms with Crippen LogP contribution in [0.1, 0.15) is 252 Å². The number of esters is 3. The Hall–Kier alpha value is -3.15. The quantitative estimate of drug-likeness (QED) is 0.0262. The molecule has 0 aliphatic carbocycles. The van der Waals surface area contributed by atoms with Gasteiger partial charge in [-0.05, 0) is 116 Å². The predicted molar refractivity (Wildman–Crippen MR) is 270 cm³/mol. The lowest BCUT2D eigenvalue weighted by Gasteiger charge is -2.18. The van der Waals surface area contributed by atoms with Crippen LogP contribution in [0, 0.1) is 0 Å². The average Bonchev–Trinajstić information content (AvgIpc) is 3.28. The number of carbonyl (C=O) groups is 3. The molecule has 0 amide bonds. The molecule has 0 fully saturated rings. The fourth-order valence-corrected chi connectivity index (χ4v) is 7.12. The van der Waals surface area contributed by atoms with Crippen LogP contribution >= 0.6 is 0 Å². The highest BCUT2D eigenvalue weighted by Gasteiger charge is 2.19. The largest absolute Gasteiger partial charge is 0.462 e. The lowest BCUT2D eigenvalue weighted by Crippen LogP contribution is -2.30. The van der Waals surface area contributed by atoms with E-state index in [0.717, 1.165) is 135 Å². The first-order valence-electron chi connectivity index (χ1n) is 26.4. The molecule has 0 unspecified atom stereocenters. The molecule has 0 aromatic heterocycles. The van der Waals surface area contributed by atoms with E-state index in [2.05, 4.69) is 93.7 Å². The minimum absolute atomic E-state index is 0.0933. The van der Waals surface area contributed by atoms with Gasteiger partial charge in [-0.15, -0.1) is 0 Å². The van der Waals surface area contributed by atoms with Gasteiger partial charge in [0.15, 0.2) is 6.10 Å². The second-order valence-corrected chi connectivity index (χ2v) is 17.4. The van der Waals surface area contributed by atoms with Gasteiger partial charge >= 0.3 is 17.9 Å². The summed E-state index contributed by atoms with van der Waals surface area (Å²) in [4.78, 5) is 38.0. The van der Waals surface area contributed by atoms with Crippen LogP contribution in [0.3, 0.4) is 0 Å². The number of allylic oxidation sites excluding steroid dienone is 12. The Kier molecular flexibility index (Phi) is 48.9. The molecule has 0 saturated heterocycles. The number of unbranched alkanes of at least 4 members (excludes halogenated alkanes) is 24. The van der Waals surface area contributed by atoms with E-state index >= 15 is 0 Å². The smallest absolute Gasteiger partial charge is 0.306 e. The normalized spacial score (nSPS) is 12.6. The zero-order chi connectivity index (χ0) is 45.8. The molecule has 0 spiro atoms. The van der Waals surface area contributed by atoms with Gasteiger partial charge in [0.2, 0.25) is 0 Å². The highest BCUT2D eigenvalue weighted by Crippen LogP contribution is 2.13. The standard InChI is InChI=1S/C57H98O6/c1-4-7-10-13-16-19-22-25-28-31-34-37-40-43-46-49-55(58)61-52-54(63-57(60)51-48-45-42-39-36-33-30-27-24-21-18-15-12-9-6-3)53-62-56(59)50-47-44-41-38-35-32-29-26-23-20-17-14-11-8-5-2/h16-21,25-30,54H,4-15,22-24,31-53H2,1-3H3/b19-16-,20-17-,21-18-,28-25?,29-26?,30-27-. The van der Waals surface area contributed by atoms with E-state index in [1.807, 2.05) is 0 Å². The molecule has 0 atom stereocenters. The van der Waals surface area contributed by atoms with Gasteiger partial charge in [0.1, 0.15) is 13.2 Å². The van der Waals surface area contributed by atoms with Crippen molar-refractivity contribution in [3.8, 4) is 0 Å². The summed E-state index contributed by atoms with van der Waals surface area (Å²) in [6.45, 7) is 6.52. The molecule has 0 aromatic rings. The molecule has 0 aromatic carbocycles. The van der Waals surface area contributed by atoms with Gasteiger partial charge in [-0.3, -0.25) is 14.4 Å². The highest BCUT2D eigenvalue weighted by atomic mass is 16.6. The third-order valence-electron chi connectivity index (χ3n) is 11.2. The molecule has 0 bridgehead atoms. The first-order valence-corrected chi connectivity index (χ1v) is 26.4. The van der Waals surface area contributed by atoms with Gasteiger partial charge < -0.3 is 14.2 Å². The topological polar surface area (TPSA) is 78.9 Å². The summed E-state index contributed by atoms with van der Waals surface area (Å²) in [5, 5.41) is 0. The van der Waals surface area contributed by atoms with Crippen molar-refractivity contribution >= 4 is 17.9 Å². The Balaban J connectivity index is 4.46. The maximum atomic E-state index is 12.8. The van der Waals surface area contributed by atoms with Crippen LogP contribution in [0.25, 0.3) is 0 Å². The summed E-state index contributed by atoms with van der Waals surface area (Å²) in [5.41, 5.74) is 0. The first-order chi connectivity index (χ1) is 31.0. The second-order valence-electron chi connectivity index (χ2n) is 17.4. The van der Waals surface area contributed by atoms with Crippen molar-refractivity contribution in [1.82, 2.24) is 0 Å². The number of hydrogen-bond acceptors (Lipinski definition) is 6. The Morgan fingerprint density at radius 3 is 0.873 bits per heavy atom. The van der Waals surface area contributed by atoms with E-state index in [0.29, 0.717) is 19.3 Å². The van der Waals surface area contributed by atoms with Crippen molar-refractivity contribution in [2.75, 3.05) is 13.2 Å². The molecule has 6 nitrogen and oxygen atoms in total. The molecular weight excluding hydrogens is 781 g/mol. The third-order valence-corrected chi connectivity index (χ3v) is 11.2. The van der Waals surface area contributed by atoms with Gasteiger partial charge in [-0.25, -0.2) is 0 Å². The van der Waals surface area contributed by atoms with Crippen molar-refractivity contribution in [3.05, 3.63) is 72.9 Å². The van der Waals surface area contributed by atoms with Crippen LogP contribution in [-0.4, -0.2) is 37.2 Å². The van der Waals surface area contributed by atoms with Gasteiger partial charge in [-0.2, -0.15) is 0 Å². The molecule has 0 radical (unpaired) electrons. The van der Waals surface area contributed by atoms with Crippen molar-refractivity contribution in [2.45, 2.75) is 258 Å². The van der Waals surface area contributed by atoms with E-state index in [4.69, 9.17) is 14.2 Å². The van der Waals surface area contributed by atoms with Crippen LogP contribution in [0.5, 0.6) is 0 Å². The molecule has 63 heavy (non-hydrogen) atoms. The Labute approximate surface area is 389 Å². The summed E-state index contributed by atoms with van der Waals surface area (Å²) < 4.78 is 16.8. The minimum atomic E-state index is -0.794. The lowest BCUT2D eigenvalue weighted by molar-refractivity contribution is -0.167. The zero-order valence-corrected chi connectivity index (χ0v) is 41.3. The Bertz CT molecular complexity index is 1130. The van der Waals surface area contributed by atoms with Crippen molar-refractivity contribution in [2.24, 2.45) is 0 Å². The van der Waals surface area contributed by atoms with Crippen molar-refractivity contribution in [3.63, 3.8) is 0 Å². The van der Waals surface area contributed by atoms with E-state index in [9.17, 15) is 14.4 Å². The maximum Gasteiger partial charge on any atom is 0.306 e. The van der Waals surface area contributed by atoms with E-state index < -0.39 is 6.10 Å². The van der Waals surface area contributed by atoms with Gasteiger partial charge in [0.05, 0.1) is 0 Å². The SMILES string of the molecule is CCCCC/C=C\CC=CCCCCCCCC(=O)OCC(COC(=O)CCCCCCCC=CC/C=C\CCCCC)OC(=O)CCCCCCC/C=C\C/C=C\CCCCC. The van der Waals surface area contributed by atoms with Crippen LogP contribution in [0.2, 0.25) is 0 Å². The fraction of sp³-hybridized carbons (Fsp3) is 0.737. The van der Waals surface area contributed by atoms with E-state index in [-0.39, 0.29) is 31.1 Å². The van der Waals surface area contributed by atoms with Crippen molar-refractivity contribution < 1.29 is 28.6 Å². The third kappa shape index (κ3) is 49.7. The molecular formula is C57H98O6. The monoisotopic (exact) mass is 879 g/mol. The van der Waals surface area contributed by atoms with Crippen molar-refractivity contribution in [1.29, 1.82) is 0 Å². The van der Waals surface area contributed by atoms with Crippen LogP contribution in [0.15, 0.2) is 72.9 Å². The van der Waals surface area contributed by atoms with E-state index in [1.54, 1.807) is 0 Å². The maximum absolute atomic E-state index is 12.8. The Morgan fingerprint density at radius 1 is 0.317 bits per heavy atom. The molecule has 0 rings (SSSR count). The first kappa shape index (κ1) is 59.9. The molecule has 0 saturated carbocycles. The fourth-order valence-electron chi connectivity index (χ4n) is 7.12. The summed E-state index contributed by atoms with van der Waals surface area (Å²) in [5.74, 6) is -0.931. The van der Waals surface area contributed by atoms with Crippen LogP contribution in [-0.2, 0) is 28.6 Å². The molecule has 0 aliphatic rings. The van der Waals surface area contributed by atoms with Gasteiger partial charge in [0.25, 0.3) is 0 Å². The molecule has 362 valence electrons. The van der Waals surface area contributed by atoms with Gasteiger partial charge in [0, 0.05) is 19.3 Å². The van der Waals surface area contributed by atoms with Crippen LogP contribution in [0.4, 0.5) is 0 Å². The molecule has 0 N–H and O–H groups in total. The molecule has 0 heterocycles. The molecule has 6 heteroatoms. The van der Waals surface area contributed by atoms with E-state index in [1.165, 1.54) is 77.0 Å². The Morgan fingerprint density at radius 2 is 0.571 bits per heavy atom. The number of rotatable bonds is 47. The zero-order valence-electron chi connectivity index (χ0n) is 41.3. The summed E-state index contributed by atoms with van der Waals surface area (Å²) in [6, 6.07) is 0. The number of carbonyl (C=O) groups excluding carboxylic acids is 3. The summed E-state index contributed by atoms with van der Waals surface area (Å²) in [7, 11) is 0. The van der Waals surface area contributed by atoms with Gasteiger partial charge in [-0.1, -0.05) is 190 Å². The second kappa shape index (κ2) is 51.5. The minimum Gasteiger partial charge on any atom is -0.462 e. The number of hydrogen-bond donors (Lipinski definition) is 0. The predicted octanol–water partition coefficient (Wildman–Crippen LogP) is 17.4. The highest BCUT2D eigenvalue weighted by molar-refractivity contribution is 5.71. The lowest BCUT2D eigenvalue weighted by atomic mass is 10.1. The average molecular weight is 879 g/mol. The number of ether oxygens (including phenoxy) is 3.